The molecule has 0 saturated carbocycles. The minimum absolute atomic E-state index is 0.0975. The molecule has 4 nitrogen and oxygen atoms in total. The lowest BCUT2D eigenvalue weighted by molar-refractivity contribution is -0.118. The molecule has 1 atom stereocenters. The summed E-state index contributed by atoms with van der Waals surface area (Å²) >= 11 is 11.6. The fourth-order valence-corrected chi connectivity index (χ4v) is 2.61. The Balaban J connectivity index is 2.05. The number of aromatic hydroxyl groups is 1. The van der Waals surface area contributed by atoms with Gasteiger partial charge in [0.15, 0.2) is 5.75 Å². The number of nitrogens with one attached hydrogen (secondary N) is 2. The van der Waals surface area contributed by atoms with Crippen molar-refractivity contribution in [2.24, 2.45) is 0 Å². The molecule has 0 aliphatic carbocycles. The quantitative estimate of drug-likeness (QED) is 0.735. The van der Waals surface area contributed by atoms with Crippen LogP contribution in [0.5, 0.6) is 5.75 Å². The van der Waals surface area contributed by atoms with E-state index in [2.05, 4.69) is 10.6 Å². The molecular formula is C13H16Cl2N2O2. The van der Waals surface area contributed by atoms with Crippen molar-refractivity contribution >= 4 is 34.8 Å². The Morgan fingerprint density at radius 2 is 1.95 bits per heavy atom. The van der Waals surface area contributed by atoms with Gasteiger partial charge in [-0.3, -0.25) is 4.79 Å². The predicted octanol–water partition coefficient (Wildman–Crippen LogP) is 3.17. The van der Waals surface area contributed by atoms with E-state index < -0.39 is 0 Å². The summed E-state index contributed by atoms with van der Waals surface area (Å²) in [5.41, 5.74) is 0.490. The van der Waals surface area contributed by atoms with Gasteiger partial charge in [0.1, 0.15) is 0 Å². The zero-order valence-electron chi connectivity index (χ0n) is 10.4. The molecule has 19 heavy (non-hydrogen) atoms. The van der Waals surface area contributed by atoms with Gasteiger partial charge in [-0.1, -0.05) is 36.0 Å². The highest BCUT2D eigenvalue weighted by Crippen LogP contribution is 2.34. The standard InChI is InChI=1S/C13H16Cl2N2O2/c14-9-6-8(7-10(15)12(9)18)17-13(19)11-4-2-1-3-5-16-11/h6-7,11,16,18H,1-5H2,(H,17,19). The normalized spacial score (nSPS) is 19.8. The van der Waals surface area contributed by atoms with Gasteiger partial charge in [0.05, 0.1) is 16.1 Å². The minimum atomic E-state index is -0.186. The molecule has 104 valence electrons. The number of amides is 1. The van der Waals surface area contributed by atoms with Crippen LogP contribution in [0.2, 0.25) is 10.0 Å². The van der Waals surface area contributed by atoms with Crippen LogP contribution in [-0.2, 0) is 4.79 Å². The summed E-state index contributed by atoms with van der Waals surface area (Å²) in [6.45, 7) is 0.856. The molecule has 0 aromatic heterocycles. The van der Waals surface area contributed by atoms with E-state index in [9.17, 15) is 9.90 Å². The van der Waals surface area contributed by atoms with Gasteiger partial charge in [-0.2, -0.15) is 0 Å². The molecule has 1 amide bonds. The van der Waals surface area contributed by atoms with Gasteiger partial charge >= 0.3 is 0 Å². The van der Waals surface area contributed by atoms with Crippen molar-refractivity contribution in [1.29, 1.82) is 0 Å². The molecule has 1 saturated heterocycles. The second-order valence-corrected chi connectivity index (χ2v) is 5.45. The van der Waals surface area contributed by atoms with E-state index in [1.165, 1.54) is 12.1 Å². The first-order valence-electron chi connectivity index (χ1n) is 6.30. The number of carbonyl (C=O) groups is 1. The van der Waals surface area contributed by atoms with Crippen molar-refractivity contribution in [3.8, 4) is 5.75 Å². The maximum atomic E-state index is 12.1. The molecule has 1 heterocycles. The van der Waals surface area contributed by atoms with Gasteiger partial charge in [-0.15, -0.1) is 0 Å². The van der Waals surface area contributed by atoms with Gasteiger partial charge < -0.3 is 15.7 Å². The number of phenols is 1. The summed E-state index contributed by atoms with van der Waals surface area (Å²) in [5, 5.41) is 15.7. The Hall–Kier alpha value is -0.970. The van der Waals surface area contributed by atoms with E-state index in [4.69, 9.17) is 23.2 Å². The third kappa shape index (κ3) is 3.75. The van der Waals surface area contributed by atoms with Crippen LogP contribution in [0.25, 0.3) is 0 Å². The molecule has 0 spiro atoms. The average molecular weight is 303 g/mol. The van der Waals surface area contributed by atoms with Crippen LogP contribution >= 0.6 is 23.2 Å². The van der Waals surface area contributed by atoms with Crippen molar-refractivity contribution in [3.63, 3.8) is 0 Å². The second kappa shape index (κ2) is 6.46. The van der Waals surface area contributed by atoms with Crippen LogP contribution in [0.4, 0.5) is 5.69 Å². The summed E-state index contributed by atoms with van der Waals surface area (Å²) in [5.74, 6) is -0.270. The first-order chi connectivity index (χ1) is 9.08. The number of carbonyl (C=O) groups excluding carboxylic acids is 1. The summed E-state index contributed by atoms with van der Waals surface area (Å²) in [6.07, 6.45) is 4.11. The van der Waals surface area contributed by atoms with E-state index in [0.29, 0.717) is 5.69 Å². The molecule has 0 bridgehead atoms. The van der Waals surface area contributed by atoms with Crippen molar-refractivity contribution < 1.29 is 9.90 Å². The van der Waals surface area contributed by atoms with Crippen LogP contribution in [0.1, 0.15) is 25.7 Å². The highest BCUT2D eigenvalue weighted by Gasteiger charge is 2.20. The van der Waals surface area contributed by atoms with Gasteiger partial charge in [0.2, 0.25) is 5.91 Å². The average Bonchev–Trinajstić information content (AvgIpc) is 2.64. The third-order valence-corrected chi connectivity index (χ3v) is 3.74. The van der Waals surface area contributed by atoms with Gasteiger partial charge in [-0.25, -0.2) is 0 Å². The lowest BCUT2D eigenvalue weighted by Crippen LogP contribution is -2.39. The third-order valence-electron chi connectivity index (χ3n) is 3.16. The van der Waals surface area contributed by atoms with E-state index in [1.807, 2.05) is 0 Å². The number of benzene rings is 1. The van der Waals surface area contributed by atoms with Crippen molar-refractivity contribution in [2.75, 3.05) is 11.9 Å². The van der Waals surface area contributed by atoms with Crippen LogP contribution in [0, 0.1) is 0 Å². The van der Waals surface area contributed by atoms with Crippen molar-refractivity contribution in [1.82, 2.24) is 5.32 Å². The summed E-state index contributed by atoms with van der Waals surface area (Å²) in [4.78, 5) is 12.1. The Kier molecular flexibility index (Phi) is 4.91. The lowest BCUT2D eigenvalue weighted by Gasteiger charge is -2.16. The first kappa shape index (κ1) is 14.4. The van der Waals surface area contributed by atoms with Crippen LogP contribution in [0.15, 0.2) is 12.1 Å². The van der Waals surface area contributed by atoms with Gasteiger partial charge in [0, 0.05) is 5.69 Å². The topological polar surface area (TPSA) is 61.4 Å². The second-order valence-electron chi connectivity index (χ2n) is 4.63. The number of halogens is 2. The number of hydrogen-bond donors (Lipinski definition) is 3. The molecule has 1 aliphatic heterocycles. The minimum Gasteiger partial charge on any atom is -0.505 e. The lowest BCUT2D eigenvalue weighted by atomic mass is 10.1. The molecule has 2 rings (SSSR count). The first-order valence-corrected chi connectivity index (χ1v) is 7.06. The van der Waals surface area contributed by atoms with Crippen LogP contribution in [-0.4, -0.2) is 23.6 Å². The molecule has 3 N–H and O–H groups in total. The van der Waals surface area contributed by atoms with Gasteiger partial charge in [-0.05, 0) is 31.5 Å². The number of phenolic OH excluding ortho intramolecular Hbond substituents is 1. The largest absolute Gasteiger partial charge is 0.505 e. The fourth-order valence-electron chi connectivity index (χ4n) is 2.12. The summed E-state index contributed by atoms with van der Waals surface area (Å²) in [6, 6.07) is 2.78. The van der Waals surface area contributed by atoms with Crippen LogP contribution in [0.3, 0.4) is 0 Å². The van der Waals surface area contributed by atoms with Crippen molar-refractivity contribution in [3.05, 3.63) is 22.2 Å². The molecule has 1 unspecified atom stereocenters. The van der Waals surface area contributed by atoms with E-state index in [-0.39, 0.29) is 27.7 Å². The smallest absolute Gasteiger partial charge is 0.241 e. The van der Waals surface area contributed by atoms with E-state index in [1.54, 1.807) is 0 Å². The fraction of sp³-hybridized carbons (Fsp3) is 0.462. The number of hydrogen-bond acceptors (Lipinski definition) is 3. The van der Waals surface area contributed by atoms with Crippen LogP contribution < -0.4 is 10.6 Å². The molecule has 6 heteroatoms. The monoisotopic (exact) mass is 302 g/mol. The Bertz CT molecular complexity index is 449. The zero-order chi connectivity index (χ0) is 13.8. The number of rotatable bonds is 2. The molecule has 1 aromatic carbocycles. The van der Waals surface area contributed by atoms with Gasteiger partial charge in [0.25, 0.3) is 0 Å². The maximum Gasteiger partial charge on any atom is 0.241 e. The number of anilines is 1. The maximum absolute atomic E-state index is 12.1. The van der Waals surface area contributed by atoms with E-state index >= 15 is 0 Å². The predicted molar refractivity (Wildman–Crippen MR) is 77.0 cm³/mol. The SMILES string of the molecule is O=C(Nc1cc(Cl)c(O)c(Cl)c1)C1CCCCCN1. The molecule has 1 aromatic rings. The Labute approximate surface area is 122 Å². The Morgan fingerprint density at radius 3 is 2.63 bits per heavy atom. The van der Waals surface area contributed by atoms with E-state index in [0.717, 1.165) is 32.2 Å². The Morgan fingerprint density at radius 1 is 1.26 bits per heavy atom. The molecule has 0 radical (unpaired) electrons. The molecule has 1 aliphatic rings. The molecular weight excluding hydrogens is 287 g/mol. The highest BCUT2D eigenvalue weighted by molar-refractivity contribution is 6.37. The summed E-state index contributed by atoms with van der Waals surface area (Å²) in [7, 11) is 0. The zero-order valence-corrected chi connectivity index (χ0v) is 11.9. The highest BCUT2D eigenvalue weighted by atomic mass is 35.5. The molecule has 1 fully saturated rings. The summed E-state index contributed by atoms with van der Waals surface area (Å²) < 4.78 is 0. The van der Waals surface area contributed by atoms with Crippen molar-refractivity contribution in [2.45, 2.75) is 31.7 Å².